The SMILES string of the molecule is CCCCN1CCCc2cc(C=O)c3ccccc3c21. The fourth-order valence-electron chi connectivity index (χ4n) is 3.25. The van der Waals surface area contributed by atoms with Crippen LogP contribution in [0.2, 0.25) is 0 Å². The third-order valence-electron chi connectivity index (χ3n) is 4.23. The van der Waals surface area contributed by atoms with Crippen LogP contribution in [-0.4, -0.2) is 19.4 Å². The number of aryl methyl sites for hydroxylation is 1. The zero-order chi connectivity index (χ0) is 13.9. The van der Waals surface area contributed by atoms with E-state index < -0.39 is 0 Å². The monoisotopic (exact) mass is 267 g/mol. The predicted octanol–water partition coefficient (Wildman–Crippen LogP) is 4.21. The van der Waals surface area contributed by atoms with Crippen LogP contribution in [0.4, 0.5) is 5.69 Å². The Kier molecular flexibility index (Phi) is 3.72. The lowest BCUT2D eigenvalue weighted by Gasteiger charge is -2.33. The molecule has 0 unspecified atom stereocenters. The summed E-state index contributed by atoms with van der Waals surface area (Å²) in [5.74, 6) is 0. The van der Waals surface area contributed by atoms with Gasteiger partial charge < -0.3 is 4.90 Å². The summed E-state index contributed by atoms with van der Waals surface area (Å²) in [5, 5.41) is 2.33. The summed E-state index contributed by atoms with van der Waals surface area (Å²) in [6, 6.07) is 10.4. The van der Waals surface area contributed by atoms with E-state index in [-0.39, 0.29) is 0 Å². The molecule has 1 heterocycles. The molecule has 0 aliphatic carbocycles. The van der Waals surface area contributed by atoms with E-state index in [2.05, 4.69) is 36.1 Å². The minimum Gasteiger partial charge on any atom is -0.371 e. The number of fused-ring (bicyclic) bond motifs is 3. The van der Waals surface area contributed by atoms with Crippen LogP contribution in [0.15, 0.2) is 30.3 Å². The molecular weight excluding hydrogens is 246 g/mol. The van der Waals surface area contributed by atoms with E-state index in [0.29, 0.717) is 0 Å². The van der Waals surface area contributed by atoms with Gasteiger partial charge in [0.2, 0.25) is 0 Å². The Morgan fingerprint density at radius 1 is 1.25 bits per heavy atom. The normalized spacial score (nSPS) is 14.3. The molecule has 2 heteroatoms. The fourth-order valence-corrected chi connectivity index (χ4v) is 3.25. The molecule has 0 atom stereocenters. The van der Waals surface area contributed by atoms with Crippen molar-refractivity contribution in [3.63, 3.8) is 0 Å². The van der Waals surface area contributed by atoms with E-state index in [4.69, 9.17) is 0 Å². The third kappa shape index (κ3) is 2.20. The maximum atomic E-state index is 11.3. The Balaban J connectivity index is 2.18. The molecule has 0 radical (unpaired) electrons. The van der Waals surface area contributed by atoms with Crippen molar-refractivity contribution in [3.05, 3.63) is 41.5 Å². The Labute approximate surface area is 120 Å². The Morgan fingerprint density at radius 3 is 2.80 bits per heavy atom. The molecule has 20 heavy (non-hydrogen) atoms. The van der Waals surface area contributed by atoms with Crippen LogP contribution in [0, 0.1) is 0 Å². The highest BCUT2D eigenvalue weighted by Gasteiger charge is 2.20. The molecule has 0 aromatic heterocycles. The number of hydrogen-bond donors (Lipinski definition) is 0. The number of unbranched alkanes of at least 4 members (excludes halogenated alkanes) is 1. The lowest BCUT2D eigenvalue weighted by atomic mass is 9.93. The van der Waals surface area contributed by atoms with E-state index in [1.807, 2.05) is 6.07 Å². The zero-order valence-electron chi connectivity index (χ0n) is 12.1. The number of carbonyl (C=O) groups is 1. The molecule has 3 rings (SSSR count). The Bertz CT molecular complexity index is 633. The Hall–Kier alpha value is -1.83. The van der Waals surface area contributed by atoms with Crippen LogP contribution in [-0.2, 0) is 6.42 Å². The van der Waals surface area contributed by atoms with Crippen molar-refractivity contribution in [3.8, 4) is 0 Å². The first-order chi connectivity index (χ1) is 9.85. The highest BCUT2D eigenvalue weighted by Crippen LogP contribution is 2.36. The number of carbonyl (C=O) groups excluding carboxylic acids is 1. The van der Waals surface area contributed by atoms with Gasteiger partial charge in [-0.05, 0) is 36.3 Å². The standard InChI is InChI=1S/C18H21NO/c1-2-3-10-19-11-6-7-14-12-15(13-20)16-8-4-5-9-17(16)18(14)19/h4-5,8-9,12-13H,2-3,6-7,10-11H2,1H3. The lowest BCUT2D eigenvalue weighted by Crippen LogP contribution is -2.30. The summed E-state index contributed by atoms with van der Waals surface area (Å²) in [6.07, 6.45) is 5.71. The van der Waals surface area contributed by atoms with E-state index in [0.717, 1.165) is 36.7 Å². The van der Waals surface area contributed by atoms with Gasteiger partial charge in [-0.1, -0.05) is 37.6 Å². The number of nitrogens with zero attached hydrogens (tertiary/aromatic N) is 1. The first kappa shape index (κ1) is 13.2. The first-order valence-corrected chi connectivity index (χ1v) is 7.60. The van der Waals surface area contributed by atoms with E-state index in [9.17, 15) is 4.79 Å². The maximum Gasteiger partial charge on any atom is 0.150 e. The fraction of sp³-hybridized carbons (Fsp3) is 0.389. The van der Waals surface area contributed by atoms with Crippen molar-refractivity contribution in [2.75, 3.05) is 18.0 Å². The van der Waals surface area contributed by atoms with Crippen molar-refractivity contribution < 1.29 is 4.79 Å². The molecule has 0 spiro atoms. The average Bonchev–Trinajstić information content (AvgIpc) is 2.51. The van der Waals surface area contributed by atoms with Gasteiger partial charge in [0.15, 0.2) is 6.29 Å². The Morgan fingerprint density at radius 2 is 2.05 bits per heavy atom. The van der Waals surface area contributed by atoms with Gasteiger partial charge in [0, 0.05) is 29.7 Å². The van der Waals surface area contributed by atoms with Crippen molar-refractivity contribution >= 4 is 22.7 Å². The number of aldehydes is 1. The number of anilines is 1. The molecule has 2 aromatic rings. The molecule has 2 nitrogen and oxygen atoms in total. The van der Waals surface area contributed by atoms with Crippen LogP contribution in [0.3, 0.4) is 0 Å². The van der Waals surface area contributed by atoms with Crippen molar-refractivity contribution in [2.45, 2.75) is 32.6 Å². The molecule has 1 aliphatic heterocycles. The third-order valence-corrected chi connectivity index (χ3v) is 4.23. The molecule has 0 saturated heterocycles. The maximum absolute atomic E-state index is 11.3. The van der Waals surface area contributed by atoms with Gasteiger partial charge in [0.25, 0.3) is 0 Å². The zero-order valence-corrected chi connectivity index (χ0v) is 12.1. The van der Waals surface area contributed by atoms with Gasteiger partial charge in [-0.3, -0.25) is 4.79 Å². The van der Waals surface area contributed by atoms with Crippen molar-refractivity contribution in [1.82, 2.24) is 0 Å². The van der Waals surface area contributed by atoms with Gasteiger partial charge in [-0.15, -0.1) is 0 Å². The molecule has 1 aliphatic rings. The molecule has 0 fully saturated rings. The highest BCUT2D eigenvalue weighted by molar-refractivity contribution is 6.05. The second kappa shape index (κ2) is 5.66. The van der Waals surface area contributed by atoms with Crippen molar-refractivity contribution in [2.24, 2.45) is 0 Å². The van der Waals surface area contributed by atoms with Gasteiger partial charge in [-0.2, -0.15) is 0 Å². The van der Waals surface area contributed by atoms with Crippen LogP contribution in [0.25, 0.3) is 10.8 Å². The molecule has 0 amide bonds. The second-order valence-corrected chi connectivity index (χ2v) is 5.58. The molecule has 0 saturated carbocycles. The molecular formula is C18H21NO. The van der Waals surface area contributed by atoms with Gasteiger partial charge in [0.05, 0.1) is 0 Å². The van der Waals surface area contributed by atoms with Crippen molar-refractivity contribution in [1.29, 1.82) is 0 Å². The quantitative estimate of drug-likeness (QED) is 0.774. The van der Waals surface area contributed by atoms with Crippen LogP contribution < -0.4 is 4.90 Å². The molecule has 104 valence electrons. The van der Waals surface area contributed by atoms with E-state index >= 15 is 0 Å². The highest BCUT2D eigenvalue weighted by atomic mass is 16.1. The van der Waals surface area contributed by atoms with E-state index in [1.54, 1.807) is 0 Å². The minimum atomic E-state index is 0.830. The minimum absolute atomic E-state index is 0.830. The van der Waals surface area contributed by atoms with Gasteiger partial charge in [0.1, 0.15) is 0 Å². The predicted molar refractivity (Wildman–Crippen MR) is 84.8 cm³/mol. The van der Waals surface area contributed by atoms with Crippen LogP contribution in [0.1, 0.15) is 42.1 Å². The molecule has 0 N–H and O–H groups in total. The number of rotatable bonds is 4. The average molecular weight is 267 g/mol. The molecule has 2 aromatic carbocycles. The largest absolute Gasteiger partial charge is 0.371 e. The van der Waals surface area contributed by atoms with Gasteiger partial charge >= 0.3 is 0 Å². The first-order valence-electron chi connectivity index (χ1n) is 7.60. The van der Waals surface area contributed by atoms with Gasteiger partial charge in [-0.25, -0.2) is 0 Å². The summed E-state index contributed by atoms with van der Waals surface area (Å²) in [5.41, 5.74) is 3.54. The van der Waals surface area contributed by atoms with E-state index in [1.165, 1.54) is 35.9 Å². The smallest absolute Gasteiger partial charge is 0.150 e. The summed E-state index contributed by atoms with van der Waals surface area (Å²) >= 11 is 0. The number of hydrogen-bond acceptors (Lipinski definition) is 2. The second-order valence-electron chi connectivity index (χ2n) is 5.58. The summed E-state index contributed by atoms with van der Waals surface area (Å²) in [7, 11) is 0. The summed E-state index contributed by atoms with van der Waals surface area (Å²) < 4.78 is 0. The van der Waals surface area contributed by atoms with Crippen LogP contribution in [0.5, 0.6) is 0 Å². The summed E-state index contributed by atoms with van der Waals surface area (Å²) in [4.78, 5) is 13.9. The van der Waals surface area contributed by atoms with Crippen LogP contribution >= 0.6 is 0 Å². The topological polar surface area (TPSA) is 20.3 Å². The summed E-state index contributed by atoms with van der Waals surface area (Å²) in [6.45, 7) is 4.49. The molecule has 0 bridgehead atoms. The lowest BCUT2D eigenvalue weighted by molar-refractivity contribution is 0.112. The number of benzene rings is 2.